The lowest BCUT2D eigenvalue weighted by Gasteiger charge is -2.14. The Morgan fingerprint density at radius 1 is 1.00 bits per heavy atom. The predicted octanol–water partition coefficient (Wildman–Crippen LogP) is 6.30. The van der Waals surface area contributed by atoms with Gasteiger partial charge >= 0.3 is 0 Å². The van der Waals surface area contributed by atoms with Gasteiger partial charge in [-0.05, 0) is 42.5 Å². The van der Waals surface area contributed by atoms with Crippen molar-refractivity contribution in [2.45, 2.75) is 20.3 Å². The van der Waals surface area contributed by atoms with Crippen molar-refractivity contribution >= 4 is 44.2 Å². The van der Waals surface area contributed by atoms with Crippen molar-refractivity contribution in [3.63, 3.8) is 0 Å². The highest BCUT2D eigenvalue weighted by Crippen LogP contribution is 2.38. The van der Waals surface area contributed by atoms with Gasteiger partial charge in [0.15, 0.2) is 0 Å². The zero-order chi connectivity index (χ0) is 20.8. The molecular weight excluding hydrogens is 372 g/mol. The molecule has 4 aromatic carbocycles. The first kappa shape index (κ1) is 18.3. The lowest BCUT2D eigenvalue weighted by atomic mass is 9.97. The first-order chi connectivity index (χ1) is 14.6. The Labute approximate surface area is 174 Å². The Kier molecular flexibility index (Phi) is 4.21. The molecule has 0 aliphatic heterocycles. The molecule has 0 spiro atoms. The number of carbonyl (C=O) groups excluding carboxylic acids is 1. The van der Waals surface area contributed by atoms with Crippen LogP contribution in [0.3, 0.4) is 0 Å². The fourth-order valence-corrected chi connectivity index (χ4v) is 4.32. The molecule has 5 rings (SSSR count). The van der Waals surface area contributed by atoms with Gasteiger partial charge in [0.25, 0.3) is 5.91 Å². The van der Waals surface area contributed by atoms with Gasteiger partial charge < -0.3 is 15.4 Å². The van der Waals surface area contributed by atoms with Crippen LogP contribution in [0.15, 0.2) is 66.7 Å². The molecule has 1 amide bonds. The summed E-state index contributed by atoms with van der Waals surface area (Å²) in [6.07, 6.45) is 0.817. The van der Waals surface area contributed by atoms with Crippen LogP contribution in [0.1, 0.15) is 28.4 Å². The van der Waals surface area contributed by atoms with E-state index in [1.54, 1.807) is 6.07 Å². The molecule has 0 unspecified atom stereocenters. The summed E-state index contributed by atoms with van der Waals surface area (Å²) in [4.78, 5) is 16.5. The summed E-state index contributed by atoms with van der Waals surface area (Å²) in [6, 6.07) is 21.7. The summed E-state index contributed by atoms with van der Waals surface area (Å²) in [6.45, 7) is 3.91. The number of aryl methyl sites for hydroxylation is 2. The number of hydrogen-bond acceptors (Lipinski definition) is 2. The van der Waals surface area contributed by atoms with Gasteiger partial charge in [0.2, 0.25) is 0 Å². The Balaban J connectivity index is 1.67. The minimum Gasteiger partial charge on any atom is -0.507 e. The summed E-state index contributed by atoms with van der Waals surface area (Å²) in [5, 5.41) is 18.0. The Hall–Kier alpha value is -3.79. The van der Waals surface area contributed by atoms with Crippen molar-refractivity contribution < 1.29 is 9.90 Å². The zero-order valence-corrected chi connectivity index (χ0v) is 16.9. The molecule has 0 fully saturated rings. The van der Waals surface area contributed by atoms with E-state index in [-0.39, 0.29) is 17.2 Å². The maximum atomic E-state index is 13.0. The number of benzene rings is 4. The number of phenols is 1. The Bertz CT molecular complexity index is 1450. The third-order valence-electron chi connectivity index (χ3n) is 5.89. The second-order valence-corrected chi connectivity index (χ2v) is 7.62. The zero-order valence-electron chi connectivity index (χ0n) is 16.9. The summed E-state index contributed by atoms with van der Waals surface area (Å²) in [5.41, 5.74) is 4.83. The molecule has 4 nitrogen and oxygen atoms in total. The lowest BCUT2D eigenvalue weighted by Crippen LogP contribution is -2.14. The van der Waals surface area contributed by atoms with E-state index in [0.717, 1.165) is 50.2 Å². The van der Waals surface area contributed by atoms with Crippen molar-refractivity contribution in [2.24, 2.45) is 0 Å². The van der Waals surface area contributed by atoms with Crippen LogP contribution in [0.2, 0.25) is 0 Å². The molecule has 4 heteroatoms. The monoisotopic (exact) mass is 394 g/mol. The molecule has 148 valence electrons. The van der Waals surface area contributed by atoms with E-state index in [1.165, 1.54) is 0 Å². The number of carbonyl (C=O) groups is 1. The van der Waals surface area contributed by atoms with E-state index in [1.807, 2.05) is 62.4 Å². The first-order valence-electron chi connectivity index (χ1n) is 10.1. The van der Waals surface area contributed by atoms with Gasteiger partial charge in [0.05, 0.1) is 11.1 Å². The SMILES string of the molecule is CCc1ccccc1NC(=O)c1cc2ccc3c4ccccc4[nH]c3c2c(C)c1O. The van der Waals surface area contributed by atoms with Crippen LogP contribution in [0.5, 0.6) is 5.75 Å². The molecule has 30 heavy (non-hydrogen) atoms. The topological polar surface area (TPSA) is 65.1 Å². The lowest BCUT2D eigenvalue weighted by molar-refractivity contribution is 0.102. The van der Waals surface area contributed by atoms with Gasteiger partial charge in [-0.2, -0.15) is 0 Å². The molecule has 0 aliphatic rings. The number of nitrogens with one attached hydrogen (secondary N) is 2. The third kappa shape index (κ3) is 2.72. The average molecular weight is 394 g/mol. The van der Waals surface area contributed by atoms with Crippen molar-refractivity contribution in [3.05, 3.63) is 83.4 Å². The van der Waals surface area contributed by atoms with Gasteiger partial charge in [-0.1, -0.05) is 55.5 Å². The normalized spacial score (nSPS) is 11.4. The molecule has 0 aliphatic carbocycles. The van der Waals surface area contributed by atoms with E-state index >= 15 is 0 Å². The van der Waals surface area contributed by atoms with Crippen LogP contribution in [0.25, 0.3) is 32.6 Å². The number of aromatic amines is 1. The average Bonchev–Trinajstić information content (AvgIpc) is 3.15. The number of aromatic nitrogens is 1. The molecule has 0 saturated carbocycles. The minimum absolute atomic E-state index is 0.0140. The van der Waals surface area contributed by atoms with E-state index in [4.69, 9.17) is 0 Å². The summed E-state index contributed by atoms with van der Waals surface area (Å²) < 4.78 is 0. The van der Waals surface area contributed by atoms with E-state index in [9.17, 15) is 9.90 Å². The molecule has 1 heterocycles. The highest BCUT2D eigenvalue weighted by Gasteiger charge is 2.19. The van der Waals surface area contributed by atoms with E-state index in [0.29, 0.717) is 5.56 Å². The van der Waals surface area contributed by atoms with Gasteiger partial charge in [0, 0.05) is 32.9 Å². The minimum atomic E-state index is -0.310. The third-order valence-corrected chi connectivity index (χ3v) is 5.89. The highest BCUT2D eigenvalue weighted by atomic mass is 16.3. The number of hydrogen-bond donors (Lipinski definition) is 3. The van der Waals surface area contributed by atoms with Crippen LogP contribution in [0, 0.1) is 6.92 Å². The molecule has 0 atom stereocenters. The molecule has 5 aromatic rings. The molecule has 3 N–H and O–H groups in total. The number of para-hydroxylation sites is 2. The maximum Gasteiger partial charge on any atom is 0.259 e. The van der Waals surface area contributed by atoms with Crippen molar-refractivity contribution in [1.29, 1.82) is 0 Å². The van der Waals surface area contributed by atoms with Crippen molar-refractivity contribution in [1.82, 2.24) is 4.98 Å². The second-order valence-electron chi connectivity index (χ2n) is 7.62. The predicted molar refractivity (Wildman–Crippen MR) is 123 cm³/mol. The number of rotatable bonds is 3. The number of anilines is 1. The Morgan fingerprint density at radius 2 is 1.77 bits per heavy atom. The van der Waals surface area contributed by atoms with Crippen molar-refractivity contribution in [3.8, 4) is 5.75 Å². The number of phenolic OH excluding ortho intramolecular Hbond substituents is 1. The van der Waals surface area contributed by atoms with Gasteiger partial charge in [-0.3, -0.25) is 4.79 Å². The van der Waals surface area contributed by atoms with E-state index in [2.05, 4.69) is 22.4 Å². The maximum absolute atomic E-state index is 13.0. The number of aromatic hydroxyl groups is 1. The standard InChI is InChI=1S/C26H22N2O2/c1-3-16-8-4-6-10-21(16)28-26(30)20-14-17-12-13-19-18-9-5-7-11-22(18)27-24(19)23(17)15(2)25(20)29/h4-14,27,29H,3H2,1-2H3,(H,28,30). The fraction of sp³-hybridized carbons (Fsp3) is 0.115. The largest absolute Gasteiger partial charge is 0.507 e. The quantitative estimate of drug-likeness (QED) is 0.336. The highest BCUT2D eigenvalue weighted by molar-refractivity contribution is 6.20. The van der Waals surface area contributed by atoms with Gasteiger partial charge in [-0.15, -0.1) is 0 Å². The fourth-order valence-electron chi connectivity index (χ4n) is 4.32. The summed E-state index contributed by atoms with van der Waals surface area (Å²) in [7, 11) is 0. The molecule has 0 saturated heterocycles. The van der Waals surface area contributed by atoms with Gasteiger partial charge in [-0.25, -0.2) is 0 Å². The van der Waals surface area contributed by atoms with Crippen LogP contribution in [0.4, 0.5) is 5.69 Å². The van der Waals surface area contributed by atoms with Crippen LogP contribution in [-0.4, -0.2) is 16.0 Å². The van der Waals surface area contributed by atoms with Crippen LogP contribution >= 0.6 is 0 Å². The van der Waals surface area contributed by atoms with Crippen LogP contribution < -0.4 is 5.32 Å². The second kappa shape index (κ2) is 6.92. The molecule has 0 radical (unpaired) electrons. The number of amides is 1. The smallest absolute Gasteiger partial charge is 0.259 e. The first-order valence-corrected chi connectivity index (χ1v) is 10.1. The number of fused-ring (bicyclic) bond motifs is 5. The summed E-state index contributed by atoms with van der Waals surface area (Å²) >= 11 is 0. The number of H-pyrrole nitrogens is 1. The molecule has 1 aromatic heterocycles. The van der Waals surface area contributed by atoms with Crippen LogP contribution in [-0.2, 0) is 6.42 Å². The van der Waals surface area contributed by atoms with E-state index < -0.39 is 0 Å². The molecule has 0 bridgehead atoms. The molecular formula is C26H22N2O2. The van der Waals surface area contributed by atoms with Gasteiger partial charge in [0.1, 0.15) is 5.75 Å². The Morgan fingerprint density at radius 3 is 2.60 bits per heavy atom. The van der Waals surface area contributed by atoms with Crippen molar-refractivity contribution in [2.75, 3.05) is 5.32 Å². The summed E-state index contributed by atoms with van der Waals surface area (Å²) in [5.74, 6) is -0.296.